The van der Waals surface area contributed by atoms with Gasteiger partial charge in [0.25, 0.3) is 0 Å². The third-order valence-corrected chi connectivity index (χ3v) is 9.83. The Balaban J connectivity index is 1.22. The smallest absolute Gasteiger partial charge is 0.424 e. The first-order valence-corrected chi connectivity index (χ1v) is 21.7. The summed E-state index contributed by atoms with van der Waals surface area (Å²) in [6.45, 7) is 13.9. The minimum atomic E-state index is -1.15. The van der Waals surface area contributed by atoms with Gasteiger partial charge in [-0.05, 0) is 119 Å². The molecule has 0 saturated heterocycles. The van der Waals surface area contributed by atoms with Crippen LogP contribution in [-0.4, -0.2) is 65.8 Å². The first-order chi connectivity index (χ1) is 31.7. The molecule has 4 N–H and O–H groups in total. The SMILES string of the molecule is CCOC(=O)C[C@@H](NC(=O)OCc1ccccc1)c1cccc(NC(=O)OCCc2ccc(C(Nc3ccc4c(N(C(=O)OC(C)(C)C)C(=O)OC(C)(C)C)cccc4c3)C(=O)O)cc2C)c1. The van der Waals surface area contributed by atoms with Crippen molar-refractivity contribution in [2.24, 2.45) is 0 Å². The first-order valence-electron chi connectivity index (χ1n) is 21.7. The van der Waals surface area contributed by atoms with Crippen LogP contribution in [0, 0.1) is 6.92 Å². The number of amides is 4. The van der Waals surface area contributed by atoms with E-state index in [1.165, 1.54) is 0 Å². The lowest BCUT2D eigenvalue weighted by Gasteiger charge is -2.29. The highest BCUT2D eigenvalue weighted by atomic mass is 16.6. The Morgan fingerprint density at radius 3 is 2.01 bits per heavy atom. The molecule has 5 rings (SSSR count). The maximum Gasteiger partial charge on any atom is 0.424 e. The van der Waals surface area contributed by atoms with Gasteiger partial charge >= 0.3 is 36.3 Å². The minimum absolute atomic E-state index is 0.00494. The van der Waals surface area contributed by atoms with Crippen LogP contribution in [0.5, 0.6) is 0 Å². The lowest BCUT2D eigenvalue weighted by molar-refractivity contribution is -0.143. The molecule has 0 aromatic heterocycles. The van der Waals surface area contributed by atoms with Gasteiger partial charge in [0.1, 0.15) is 17.8 Å². The molecule has 1 unspecified atom stereocenters. The fourth-order valence-electron chi connectivity index (χ4n) is 6.86. The highest BCUT2D eigenvalue weighted by Crippen LogP contribution is 2.33. The van der Waals surface area contributed by atoms with Crippen LogP contribution in [0.15, 0.2) is 109 Å². The van der Waals surface area contributed by atoms with E-state index in [4.69, 9.17) is 23.7 Å². The number of hydrogen-bond acceptors (Lipinski definition) is 12. The van der Waals surface area contributed by atoms with Gasteiger partial charge in [-0.2, -0.15) is 4.90 Å². The predicted octanol–water partition coefficient (Wildman–Crippen LogP) is 10.8. The van der Waals surface area contributed by atoms with Crippen molar-refractivity contribution in [2.75, 3.05) is 28.7 Å². The van der Waals surface area contributed by atoms with Gasteiger partial charge in [-0.15, -0.1) is 0 Å². The number of ether oxygens (including phenoxy) is 5. The Bertz CT molecular complexity index is 2540. The van der Waals surface area contributed by atoms with E-state index < -0.39 is 59.6 Å². The summed E-state index contributed by atoms with van der Waals surface area (Å²) in [4.78, 5) is 78.4. The van der Waals surface area contributed by atoms with Gasteiger partial charge in [0, 0.05) is 23.2 Å². The molecule has 4 amide bonds. The Morgan fingerprint density at radius 1 is 0.687 bits per heavy atom. The number of imide groups is 1. The zero-order chi connectivity index (χ0) is 48.9. The fourth-order valence-corrected chi connectivity index (χ4v) is 6.86. The standard InChI is InChI=1S/C51H58N4O12/c1-9-63-43(56)30-41(54-47(60)65-31-33-15-11-10-12-16-33)36-18-13-19-38(29-36)53-46(59)64-26-25-34-21-22-37(27-32(34)2)44(45(57)58)52-39-23-24-40-35(28-39)17-14-20-42(40)55(48(61)66-50(3,4)5)49(62)67-51(6,7)8/h10-24,27-29,41,44,52H,9,25-26,30-31H2,1-8H3,(H,53,59)(H,54,60)(H,57,58)/t41-,44?/m1/s1. The number of rotatable bonds is 16. The number of fused-ring (bicyclic) bond motifs is 1. The van der Waals surface area contributed by atoms with E-state index >= 15 is 0 Å². The number of nitrogens with zero attached hydrogens (tertiary/aromatic N) is 1. The molecule has 0 aliphatic heterocycles. The van der Waals surface area contributed by atoms with Gasteiger partial charge in [0.15, 0.2) is 6.04 Å². The zero-order valence-electron chi connectivity index (χ0n) is 39.0. The number of benzene rings is 5. The number of nitrogens with one attached hydrogen (secondary N) is 3. The third kappa shape index (κ3) is 15.2. The average molecular weight is 919 g/mol. The summed E-state index contributed by atoms with van der Waals surface area (Å²) in [5.74, 6) is -1.66. The largest absolute Gasteiger partial charge is 0.479 e. The summed E-state index contributed by atoms with van der Waals surface area (Å²) < 4.78 is 27.1. The normalized spacial score (nSPS) is 12.2. The Hall–Kier alpha value is -7.62. The molecule has 354 valence electrons. The summed E-state index contributed by atoms with van der Waals surface area (Å²) in [7, 11) is 0. The fraction of sp³-hybridized carbons (Fsp3) is 0.333. The average Bonchev–Trinajstić information content (AvgIpc) is 3.24. The maximum atomic E-state index is 13.4. The molecule has 0 aliphatic rings. The minimum Gasteiger partial charge on any atom is -0.479 e. The van der Waals surface area contributed by atoms with Crippen LogP contribution in [0.2, 0.25) is 0 Å². The number of carboxylic acid groups (broad SMARTS) is 1. The highest BCUT2D eigenvalue weighted by Gasteiger charge is 2.34. The number of alkyl carbamates (subject to hydrolysis) is 1. The Kier molecular flexibility index (Phi) is 16.9. The van der Waals surface area contributed by atoms with Crippen molar-refractivity contribution in [1.29, 1.82) is 0 Å². The number of esters is 1. The molecule has 0 saturated carbocycles. The van der Waals surface area contributed by atoms with Crippen LogP contribution in [0.4, 0.5) is 36.2 Å². The van der Waals surface area contributed by atoms with Gasteiger partial charge in [-0.25, -0.2) is 24.0 Å². The van der Waals surface area contributed by atoms with Gasteiger partial charge in [0.05, 0.1) is 31.4 Å². The van der Waals surface area contributed by atoms with E-state index in [0.29, 0.717) is 39.7 Å². The lowest BCUT2D eigenvalue weighted by atomic mass is 9.98. The van der Waals surface area contributed by atoms with Crippen LogP contribution < -0.4 is 20.9 Å². The zero-order valence-corrected chi connectivity index (χ0v) is 39.0. The summed E-state index contributed by atoms with van der Waals surface area (Å²) in [6.07, 6.45) is -3.13. The van der Waals surface area contributed by atoms with E-state index in [-0.39, 0.29) is 31.9 Å². The third-order valence-electron chi connectivity index (χ3n) is 9.83. The molecule has 16 nitrogen and oxygen atoms in total. The predicted molar refractivity (Wildman–Crippen MR) is 253 cm³/mol. The van der Waals surface area contributed by atoms with Crippen molar-refractivity contribution in [3.05, 3.63) is 137 Å². The van der Waals surface area contributed by atoms with E-state index in [2.05, 4.69) is 16.0 Å². The van der Waals surface area contributed by atoms with Crippen molar-refractivity contribution < 1.29 is 57.6 Å². The molecular weight excluding hydrogens is 861 g/mol. The molecule has 2 atom stereocenters. The molecule has 0 spiro atoms. The second-order valence-corrected chi connectivity index (χ2v) is 17.5. The topological polar surface area (TPSA) is 208 Å². The van der Waals surface area contributed by atoms with Crippen LogP contribution in [0.3, 0.4) is 0 Å². The number of aliphatic carboxylic acids is 1. The van der Waals surface area contributed by atoms with Gasteiger partial charge < -0.3 is 39.4 Å². The molecule has 0 radical (unpaired) electrons. The van der Waals surface area contributed by atoms with Crippen LogP contribution >= 0.6 is 0 Å². The number of anilines is 3. The molecule has 5 aromatic rings. The molecule has 0 heterocycles. The number of carbonyl (C=O) groups is 6. The lowest BCUT2D eigenvalue weighted by Crippen LogP contribution is -2.43. The van der Waals surface area contributed by atoms with Crippen LogP contribution in [0.1, 0.15) is 94.8 Å². The van der Waals surface area contributed by atoms with Crippen molar-refractivity contribution >= 4 is 64.1 Å². The first kappa shape index (κ1) is 50.4. The summed E-state index contributed by atoms with van der Waals surface area (Å²) in [5, 5.41) is 20.0. The summed E-state index contributed by atoms with van der Waals surface area (Å²) in [6, 6.07) is 29.1. The quantitative estimate of drug-likeness (QED) is 0.0537. The van der Waals surface area contributed by atoms with Crippen LogP contribution in [0.25, 0.3) is 10.8 Å². The van der Waals surface area contributed by atoms with Crippen molar-refractivity contribution in [3.63, 3.8) is 0 Å². The van der Waals surface area contributed by atoms with E-state index in [1.807, 2.05) is 37.3 Å². The number of carbonyl (C=O) groups excluding carboxylic acids is 5. The van der Waals surface area contributed by atoms with Gasteiger partial charge in [0.2, 0.25) is 0 Å². The Labute approximate surface area is 389 Å². The maximum absolute atomic E-state index is 13.4. The second kappa shape index (κ2) is 22.5. The molecule has 67 heavy (non-hydrogen) atoms. The monoisotopic (exact) mass is 918 g/mol. The van der Waals surface area contributed by atoms with Gasteiger partial charge in [-0.1, -0.05) is 78.9 Å². The summed E-state index contributed by atoms with van der Waals surface area (Å²) in [5.41, 5.74) is 2.65. The molecule has 5 aromatic carbocycles. The molecule has 0 aliphatic carbocycles. The number of carboxylic acids is 1. The van der Waals surface area contributed by atoms with Gasteiger partial charge in [-0.3, -0.25) is 10.1 Å². The van der Waals surface area contributed by atoms with E-state index in [0.717, 1.165) is 21.6 Å². The number of hydrogen-bond donors (Lipinski definition) is 4. The van der Waals surface area contributed by atoms with Crippen molar-refractivity contribution in [3.8, 4) is 0 Å². The number of aryl methyl sites for hydroxylation is 1. The molecule has 0 bridgehead atoms. The molecular formula is C51H58N4O12. The molecule has 0 fully saturated rings. The van der Waals surface area contributed by atoms with Crippen molar-refractivity contribution in [2.45, 2.75) is 98.1 Å². The second-order valence-electron chi connectivity index (χ2n) is 17.5. The van der Waals surface area contributed by atoms with E-state index in [1.54, 1.807) is 127 Å². The molecule has 16 heteroatoms. The van der Waals surface area contributed by atoms with Crippen molar-refractivity contribution in [1.82, 2.24) is 5.32 Å². The van der Waals surface area contributed by atoms with E-state index in [9.17, 15) is 33.9 Å². The van der Waals surface area contributed by atoms with Crippen LogP contribution in [-0.2, 0) is 46.3 Å². The highest BCUT2D eigenvalue weighted by molar-refractivity contribution is 6.15. The summed E-state index contributed by atoms with van der Waals surface area (Å²) >= 11 is 0. The Morgan fingerprint density at radius 2 is 1.37 bits per heavy atom.